The molecule has 0 bridgehead atoms. The fourth-order valence-electron chi connectivity index (χ4n) is 4.17. The van der Waals surface area contributed by atoms with Crippen molar-refractivity contribution in [3.05, 3.63) is 77.3 Å². The van der Waals surface area contributed by atoms with Gasteiger partial charge in [-0.15, -0.1) is 10.2 Å². The number of anilines is 2. The second-order valence-electron chi connectivity index (χ2n) is 8.33. The Morgan fingerprint density at radius 1 is 0.882 bits per heavy atom. The number of carbonyl (C=O) groups is 1. The molecule has 34 heavy (non-hydrogen) atoms. The highest BCUT2D eigenvalue weighted by molar-refractivity contribution is 9.10. The zero-order chi connectivity index (χ0) is 23.3. The zero-order valence-electron chi connectivity index (χ0n) is 18.7. The second-order valence-corrected chi connectivity index (χ2v) is 9.24. The molecule has 2 heterocycles. The van der Waals surface area contributed by atoms with Gasteiger partial charge >= 0.3 is 0 Å². The van der Waals surface area contributed by atoms with E-state index in [4.69, 9.17) is 4.74 Å². The molecule has 3 aromatic carbocycles. The maximum atomic E-state index is 12.4. The van der Waals surface area contributed by atoms with Crippen LogP contribution in [-0.2, 0) is 4.79 Å². The number of benzene rings is 3. The van der Waals surface area contributed by atoms with E-state index in [9.17, 15) is 4.79 Å². The molecule has 1 aliphatic heterocycles. The molecule has 7 heteroatoms. The molecule has 1 N–H and O–H groups in total. The molecule has 1 aromatic heterocycles. The van der Waals surface area contributed by atoms with Crippen molar-refractivity contribution < 1.29 is 9.53 Å². The molecular formula is C27H25BrN4O2. The third-order valence-electron chi connectivity index (χ3n) is 5.99. The smallest absolute Gasteiger partial charge is 0.260 e. The summed E-state index contributed by atoms with van der Waals surface area (Å²) >= 11 is 3.46. The van der Waals surface area contributed by atoms with Crippen LogP contribution < -0.4 is 10.1 Å². The molecule has 6 nitrogen and oxygen atoms in total. The number of carbonyl (C=O) groups excluding carboxylic acids is 1. The number of rotatable bonds is 6. The van der Waals surface area contributed by atoms with E-state index in [1.54, 1.807) is 0 Å². The minimum Gasteiger partial charge on any atom is -0.484 e. The number of hydrogen-bond donors (Lipinski definition) is 1. The summed E-state index contributed by atoms with van der Waals surface area (Å²) in [5, 5.41) is 14.4. The molecule has 1 fully saturated rings. The molecule has 0 saturated carbocycles. The lowest BCUT2D eigenvalue weighted by Crippen LogP contribution is -2.38. The lowest BCUT2D eigenvalue weighted by Gasteiger charge is -2.26. The average Bonchev–Trinajstić information content (AvgIpc) is 2.90. The molecule has 0 atom stereocenters. The second kappa shape index (κ2) is 10.2. The lowest BCUT2D eigenvalue weighted by atomic mass is 10.0. The minimum absolute atomic E-state index is 0.0505. The van der Waals surface area contributed by atoms with E-state index in [0.717, 1.165) is 58.1 Å². The van der Waals surface area contributed by atoms with E-state index in [-0.39, 0.29) is 12.5 Å². The van der Waals surface area contributed by atoms with Crippen LogP contribution in [0.4, 0.5) is 11.5 Å². The van der Waals surface area contributed by atoms with Crippen LogP contribution in [0, 0.1) is 0 Å². The first-order chi connectivity index (χ1) is 16.7. The Hall–Kier alpha value is -3.45. The van der Waals surface area contributed by atoms with E-state index >= 15 is 0 Å². The van der Waals surface area contributed by atoms with Crippen molar-refractivity contribution in [3.8, 4) is 17.0 Å². The van der Waals surface area contributed by atoms with Crippen molar-refractivity contribution in [2.45, 2.75) is 19.3 Å². The first kappa shape index (κ1) is 22.3. The first-order valence-corrected chi connectivity index (χ1v) is 12.3. The summed E-state index contributed by atoms with van der Waals surface area (Å²) < 4.78 is 6.77. The van der Waals surface area contributed by atoms with E-state index in [2.05, 4.69) is 31.4 Å². The molecule has 1 saturated heterocycles. The SMILES string of the molecule is O=C(COc1ccc(-c2nnc(Nc3ccc(Br)cc3)c3ccccc23)cc1)N1CCCCC1. The van der Waals surface area contributed by atoms with Crippen LogP contribution in [0.2, 0.25) is 0 Å². The normalized spacial score (nSPS) is 13.6. The van der Waals surface area contributed by atoms with Crippen LogP contribution in [0.1, 0.15) is 19.3 Å². The highest BCUT2D eigenvalue weighted by Gasteiger charge is 2.17. The highest BCUT2D eigenvalue weighted by atomic mass is 79.9. The van der Waals surface area contributed by atoms with Crippen LogP contribution in [-0.4, -0.2) is 40.7 Å². The largest absolute Gasteiger partial charge is 0.484 e. The van der Waals surface area contributed by atoms with Crippen molar-refractivity contribution >= 4 is 44.1 Å². The van der Waals surface area contributed by atoms with Crippen LogP contribution in [0.25, 0.3) is 22.0 Å². The van der Waals surface area contributed by atoms with Gasteiger partial charge in [0.25, 0.3) is 5.91 Å². The van der Waals surface area contributed by atoms with Gasteiger partial charge in [-0.2, -0.15) is 0 Å². The number of nitrogens with zero attached hydrogens (tertiary/aromatic N) is 3. The predicted molar refractivity (Wildman–Crippen MR) is 138 cm³/mol. The van der Waals surface area contributed by atoms with E-state index < -0.39 is 0 Å². The van der Waals surface area contributed by atoms with Gasteiger partial charge in [0, 0.05) is 39.6 Å². The van der Waals surface area contributed by atoms with Gasteiger partial charge in [0.05, 0.1) is 0 Å². The van der Waals surface area contributed by atoms with Crippen molar-refractivity contribution in [3.63, 3.8) is 0 Å². The van der Waals surface area contributed by atoms with Gasteiger partial charge in [0.15, 0.2) is 12.4 Å². The third kappa shape index (κ3) is 5.04. The Bertz CT molecular complexity index is 1290. The Balaban J connectivity index is 1.33. The first-order valence-electron chi connectivity index (χ1n) is 11.5. The van der Waals surface area contributed by atoms with Crippen molar-refractivity contribution in [1.29, 1.82) is 0 Å². The highest BCUT2D eigenvalue weighted by Crippen LogP contribution is 2.32. The number of nitrogens with one attached hydrogen (secondary N) is 1. The van der Waals surface area contributed by atoms with Gasteiger partial charge < -0.3 is 15.0 Å². The number of likely N-dealkylation sites (tertiary alicyclic amines) is 1. The van der Waals surface area contributed by atoms with Gasteiger partial charge in [-0.05, 0) is 67.8 Å². The van der Waals surface area contributed by atoms with Gasteiger partial charge in [-0.25, -0.2) is 0 Å². The minimum atomic E-state index is 0.0505. The molecule has 0 radical (unpaired) electrons. The van der Waals surface area contributed by atoms with Crippen molar-refractivity contribution in [1.82, 2.24) is 15.1 Å². The summed E-state index contributed by atoms with van der Waals surface area (Å²) in [7, 11) is 0. The summed E-state index contributed by atoms with van der Waals surface area (Å²) in [5.41, 5.74) is 2.68. The molecule has 4 aromatic rings. The molecule has 172 valence electrons. The van der Waals surface area contributed by atoms with Gasteiger partial charge in [-0.1, -0.05) is 40.2 Å². The summed E-state index contributed by atoms with van der Waals surface area (Å²) in [6, 6.07) is 23.7. The number of halogens is 1. The molecular weight excluding hydrogens is 492 g/mol. The summed E-state index contributed by atoms with van der Waals surface area (Å²) in [5.74, 6) is 1.42. The van der Waals surface area contributed by atoms with E-state index in [1.165, 1.54) is 6.42 Å². The monoisotopic (exact) mass is 516 g/mol. The fraction of sp³-hybridized carbons (Fsp3) is 0.222. The standard InChI is InChI=1S/C27H25BrN4O2/c28-20-10-12-21(13-11-20)29-27-24-7-3-2-6-23(24)26(30-31-27)19-8-14-22(15-9-19)34-18-25(33)32-16-4-1-5-17-32/h2-3,6-15H,1,4-5,16-18H2,(H,29,31). The quantitative estimate of drug-likeness (QED) is 0.330. The van der Waals surface area contributed by atoms with Crippen LogP contribution >= 0.6 is 15.9 Å². The van der Waals surface area contributed by atoms with Crippen LogP contribution in [0.15, 0.2) is 77.3 Å². The Labute approximate surface area is 207 Å². The Morgan fingerprint density at radius 3 is 2.32 bits per heavy atom. The molecule has 0 unspecified atom stereocenters. The Kier molecular flexibility index (Phi) is 6.72. The summed E-state index contributed by atoms with van der Waals surface area (Å²) in [4.78, 5) is 14.3. The fourth-order valence-corrected chi connectivity index (χ4v) is 4.43. The number of ether oxygens (including phenoxy) is 1. The maximum absolute atomic E-state index is 12.4. The van der Waals surface area contributed by atoms with Crippen LogP contribution in [0.5, 0.6) is 5.75 Å². The van der Waals surface area contributed by atoms with E-state index in [1.807, 2.05) is 77.7 Å². The predicted octanol–water partition coefficient (Wildman–Crippen LogP) is 6.19. The molecule has 5 rings (SSSR count). The molecule has 0 spiro atoms. The molecule has 0 aliphatic carbocycles. The lowest BCUT2D eigenvalue weighted by molar-refractivity contribution is -0.134. The average molecular weight is 517 g/mol. The zero-order valence-corrected chi connectivity index (χ0v) is 20.3. The summed E-state index contributed by atoms with van der Waals surface area (Å²) in [6.45, 7) is 1.73. The van der Waals surface area contributed by atoms with Gasteiger partial charge in [-0.3, -0.25) is 4.79 Å². The van der Waals surface area contributed by atoms with Crippen molar-refractivity contribution in [2.24, 2.45) is 0 Å². The molecule has 1 aliphatic rings. The topological polar surface area (TPSA) is 67.3 Å². The van der Waals surface area contributed by atoms with Crippen LogP contribution in [0.3, 0.4) is 0 Å². The van der Waals surface area contributed by atoms with E-state index in [0.29, 0.717) is 11.6 Å². The number of aromatic nitrogens is 2. The number of fused-ring (bicyclic) bond motifs is 1. The Morgan fingerprint density at radius 2 is 1.59 bits per heavy atom. The van der Waals surface area contributed by atoms with Gasteiger partial charge in [0.1, 0.15) is 11.4 Å². The number of piperidine rings is 1. The maximum Gasteiger partial charge on any atom is 0.260 e. The summed E-state index contributed by atoms with van der Waals surface area (Å²) in [6.07, 6.45) is 3.35. The van der Waals surface area contributed by atoms with Crippen molar-refractivity contribution in [2.75, 3.05) is 25.0 Å². The number of amides is 1. The third-order valence-corrected chi connectivity index (χ3v) is 6.52. The number of hydrogen-bond acceptors (Lipinski definition) is 5. The van der Waals surface area contributed by atoms with Gasteiger partial charge in [0.2, 0.25) is 0 Å². The molecule has 1 amide bonds.